The highest BCUT2D eigenvalue weighted by Gasteiger charge is 2.53. The Morgan fingerprint density at radius 1 is 1.12 bits per heavy atom. The molecule has 6 rings (SSSR count). The van der Waals surface area contributed by atoms with Crippen LogP contribution in [0, 0.1) is 12.8 Å². The van der Waals surface area contributed by atoms with Crippen molar-refractivity contribution in [3.63, 3.8) is 0 Å². The molecule has 0 bridgehead atoms. The topological polar surface area (TPSA) is 68.1 Å². The van der Waals surface area contributed by atoms with Crippen LogP contribution in [0.15, 0.2) is 42.6 Å². The summed E-state index contributed by atoms with van der Waals surface area (Å²) in [4.78, 5) is 32.9. The van der Waals surface area contributed by atoms with Crippen LogP contribution in [0.2, 0.25) is 0 Å². The largest absolute Gasteiger partial charge is 0.331 e. The fourth-order valence-electron chi connectivity index (χ4n) is 5.56. The van der Waals surface area contributed by atoms with Gasteiger partial charge in [0.15, 0.2) is 5.78 Å². The summed E-state index contributed by atoms with van der Waals surface area (Å²) in [6, 6.07) is 12.1. The number of pyridine rings is 1. The SMILES string of the molecule is Cc1ncccc1-c1ccc2c(c1)-n1nc(C(=O)C3CCCC3)cc1C(=O)N(C)C21CC1. The zero-order valence-electron chi connectivity index (χ0n) is 18.5. The Hall–Kier alpha value is -3.28. The molecule has 1 spiro atoms. The molecule has 0 saturated heterocycles. The Bertz CT molecular complexity index is 1260. The van der Waals surface area contributed by atoms with Crippen LogP contribution in [0.1, 0.15) is 70.8 Å². The van der Waals surface area contributed by atoms with Crippen LogP contribution in [-0.2, 0) is 5.54 Å². The summed E-state index contributed by atoms with van der Waals surface area (Å²) in [5.74, 6) is 0.0249. The van der Waals surface area contributed by atoms with Gasteiger partial charge in [-0.05, 0) is 50.3 Å². The van der Waals surface area contributed by atoms with E-state index in [1.165, 1.54) is 0 Å². The summed E-state index contributed by atoms with van der Waals surface area (Å²) in [5.41, 5.74) is 5.63. The van der Waals surface area contributed by atoms with Crippen molar-refractivity contribution in [2.75, 3.05) is 7.05 Å². The lowest BCUT2D eigenvalue weighted by atomic mass is 9.96. The number of amides is 1. The summed E-state index contributed by atoms with van der Waals surface area (Å²) in [5, 5.41) is 4.74. The fourth-order valence-corrected chi connectivity index (χ4v) is 5.56. The van der Waals surface area contributed by atoms with E-state index in [-0.39, 0.29) is 23.1 Å². The average Bonchev–Trinajstić information content (AvgIpc) is 3.23. The molecule has 6 heteroatoms. The second-order valence-electron chi connectivity index (χ2n) is 9.44. The zero-order chi connectivity index (χ0) is 22.0. The number of aryl methyl sites for hydroxylation is 1. The minimum Gasteiger partial charge on any atom is -0.331 e. The Labute approximate surface area is 187 Å². The van der Waals surface area contributed by atoms with Gasteiger partial charge in [-0.2, -0.15) is 5.10 Å². The second-order valence-corrected chi connectivity index (χ2v) is 9.44. The lowest BCUT2D eigenvalue weighted by Crippen LogP contribution is -2.36. The number of rotatable bonds is 3. The maximum atomic E-state index is 13.5. The average molecular weight is 427 g/mol. The van der Waals surface area contributed by atoms with E-state index in [2.05, 4.69) is 29.2 Å². The van der Waals surface area contributed by atoms with Crippen molar-refractivity contribution < 1.29 is 9.59 Å². The zero-order valence-corrected chi connectivity index (χ0v) is 18.5. The summed E-state index contributed by atoms with van der Waals surface area (Å²) in [6.45, 7) is 2.00. The number of ketones is 1. The first-order valence-electron chi connectivity index (χ1n) is 11.5. The van der Waals surface area contributed by atoms with Crippen molar-refractivity contribution in [1.29, 1.82) is 0 Å². The number of benzene rings is 1. The molecule has 32 heavy (non-hydrogen) atoms. The Balaban J connectivity index is 1.54. The van der Waals surface area contributed by atoms with Gasteiger partial charge < -0.3 is 4.90 Å². The number of hydrogen-bond donors (Lipinski definition) is 0. The van der Waals surface area contributed by atoms with E-state index in [1.807, 2.05) is 24.9 Å². The molecule has 1 amide bonds. The number of carbonyl (C=O) groups is 2. The van der Waals surface area contributed by atoms with Crippen molar-refractivity contribution in [2.45, 2.75) is 51.0 Å². The number of aromatic nitrogens is 3. The third-order valence-corrected chi connectivity index (χ3v) is 7.62. The third-order valence-electron chi connectivity index (χ3n) is 7.62. The molecule has 0 radical (unpaired) electrons. The van der Waals surface area contributed by atoms with Gasteiger partial charge in [-0.3, -0.25) is 14.6 Å². The summed E-state index contributed by atoms with van der Waals surface area (Å²) < 4.78 is 1.72. The van der Waals surface area contributed by atoms with Crippen LogP contribution in [0.3, 0.4) is 0 Å². The highest BCUT2D eigenvalue weighted by atomic mass is 16.2. The standard InChI is InChI=1S/C26H26N4O2/c1-16-19(8-5-13-27-16)18-9-10-20-22(14-18)30-23(25(32)29(2)26(20)11-12-26)15-21(28-30)24(31)17-6-3-4-7-17/h5,8-10,13-15,17H,3-4,6-7,11-12H2,1-2H3. The van der Waals surface area contributed by atoms with Crippen LogP contribution >= 0.6 is 0 Å². The molecule has 0 N–H and O–H groups in total. The summed E-state index contributed by atoms with van der Waals surface area (Å²) >= 11 is 0. The fraction of sp³-hybridized carbons (Fsp3) is 0.385. The number of carbonyl (C=O) groups excluding carboxylic acids is 2. The molecule has 162 valence electrons. The van der Waals surface area contributed by atoms with Crippen molar-refractivity contribution >= 4 is 11.7 Å². The van der Waals surface area contributed by atoms with Crippen molar-refractivity contribution in [3.8, 4) is 16.8 Å². The van der Waals surface area contributed by atoms with Gasteiger partial charge in [0.05, 0.1) is 11.2 Å². The van der Waals surface area contributed by atoms with Crippen molar-refractivity contribution in [1.82, 2.24) is 19.7 Å². The second kappa shape index (κ2) is 6.86. The van der Waals surface area contributed by atoms with E-state index in [1.54, 1.807) is 16.9 Å². The molecule has 0 unspecified atom stereocenters. The van der Waals surface area contributed by atoms with Crippen LogP contribution < -0.4 is 0 Å². The normalized spacial score (nSPS) is 19.1. The molecule has 2 fully saturated rings. The van der Waals surface area contributed by atoms with Gasteiger partial charge >= 0.3 is 0 Å². The highest BCUT2D eigenvalue weighted by molar-refractivity contribution is 6.01. The number of nitrogens with zero attached hydrogens (tertiary/aromatic N) is 4. The lowest BCUT2D eigenvalue weighted by Gasteiger charge is -2.27. The van der Waals surface area contributed by atoms with E-state index < -0.39 is 0 Å². The van der Waals surface area contributed by atoms with E-state index in [9.17, 15) is 9.59 Å². The Kier molecular flexibility index (Phi) is 4.16. The molecule has 1 aliphatic heterocycles. The van der Waals surface area contributed by atoms with Gasteiger partial charge in [-0.25, -0.2) is 4.68 Å². The Morgan fingerprint density at radius 2 is 1.91 bits per heavy atom. The first-order valence-corrected chi connectivity index (χ1v) is 11.5. The maximum absolute atomic E-state index is 13.5. The molecule has 6 nitrogen and oxygen atoms in total. The van der Waals surface area contributed by atoms with E-state index in [0.29, 0.717) is 11.4 Å². The summed E-state index contributed by atoms with van der Waals surface area (Å²) in [6.07, 6.45) is 7.67. The van der Waals surface area contributed by atoms with Crippen LogP contribution in [0.5, 0.6) is 0 Å². The van der Waals surface area contributed by atoms with Gasteiger partial charge in [-0.1, -0.05) is 31.0 Å². The van der Waals surface area contributed by atoms with Gasteiger partial charge in [0.1, 0.15) is 11.4 Å². The first kappa shape index (κ1) is 19.4. The molecule has 0 atom stereocenters. The van der Waals surface area contributed by atoms with Gasteiger partial charge in [-0.15, -0.1) is 0 Å². The van der Waals surface area contributed by atoms with E-state index in [4.69, 9.17) is 5.10 Å². The Morgan fingerprint density at radius 3 is 2.62 bits per heavy atom. The van der Waals surface area contributed by atoms with Crippen LogP contribution in [-0.4, -0.2) is 38.4 Å². The quantitative estimate of drug-likeness (QED) is 0.570. The molecule has 3 aliphatic rings. The predicted molar refractivity (Wildman–Crippen MR) is 121 cm³/mol. The molecule has 2 saturated carbocycles. The molecule has 3 aromatic rings. The van der Waals surface area contributed by atoms with Gasteiger partial charge in [0, 0.05) is 42.0 Å². The van der Waals surface area contributed by atoms with E-state index >= 15 is 0 Å². The van der Waals surface area contributed by atoms with Gasteiger partial charge in [0.25, 0.3) is 5.91 Å². The minimum absolute atomic E-state index is 0.0283. The van der Waals surface area contributed by atoms with Crippen molar-refractivity contribution in [2.24, 2.45) is 5.92 Å². The number of Topliss-reactive ketones (excluding diaryl/α,β-unsaturated/α-hetero) is 1. The molecular formula is C26H26N4O2. The molecule has 2 aliphatic carbocycles. The van der Waals surface area contributed by atoms with Crippen LogP contribution in [0.4, 0.5) is 0 Å². The maximum Gasteiger partial charge on any atom is 0.273 e. The van der Waals surface area contributed by atoms with Crippen molar-refractivity contribution in [3.05, 3.63) is 65.2 Å². The first-order chi connectivity index (χ1) is 15.5. The number of fused-ring (bicyclic) bond motifs is 4. The van der Waals surface area contributed by atoms with Gasteiger partial charge in [0.2, 0.25) is 0 Å². The van der Waals surface area contributed by atoms with E-state index in [0.717, 1.165) is 66.6 Å². The van der Waals surface area contributed by atoms with Crippen LogP contribution in [0.25, 0.3) is 16.8 Å². The highest BCUT2D eigenvalue weighted by Crippen LogP contribution is 2.54. The molecular weight excluding hydrogens is 400 g/mol. The number of hydrogen-bond acceptors (Lipinski definition) is 4. The monoisotopic (exact) mass is 426 g/mol. The molecule has 3 heterocycles. The smallest absolute Gasteiger partial charge is 0.273 e. The third kappa shape index (κ3) is 2.71. The predicted octanol–water partition coefficient (Wildman–Crippen LogP) is 4.69. The molecule has 2 aromatic heterocycles. The summed E-state index contributed by atoms with van der Waals surface area (Å²) in [7, 11) is 1.87. The lowest BCUT2D eigenvalue weighted by molar-refractivity contribution is 0.0704. The minimum atomic E-state index is -0.286. The molecule has 1 aromatic carbocycles.